The van der Waals surface area contributed by atoms with Gasteiger partial charge in [0.15, 0.2) is 11.6 Å². The van der Waals surface area contributed by atoms with E-state index in [0.29, 0.717) is 0 Å². The number of nitrogens with one attached hydrogen (secondary N) is 2. The highest BCUT2D eigenvalue weighted by molar-refractivity contribution is 5.58. The number of rotatable bonds is 2. The first-order valence-electron chi connectivity index (χ1n) is 2.73. The van der Waals surface area contributed by atoms with Crippen molar-refractivity contribution in [3.8, 4) is 0 Å². The Balaban J connectivity index is 2.74. The lowest BCUT2D eigenvalue weighted by molar-refractivity contribution is 0.630. The predicted octanol–water partition coefficient (Wildman–Crippen LogP) is 0.428. The Labute approximate surface area is 57.2 Å². The summed E-state index contributed by atoms with van der Waals surface area (Å²) in [5, 5.41) is 8.44. The molecule has 0 saturated carbocycles. The summed E-state index contributed by atoms with van der Waals surface area (Å²) < 4.78 is 12.4. The second-order valence-corrected chi connectivity index (χ2v) is 1.61. The molecule has 0 aliphatic carbocycles. The van der Waals surface area contributed by atoms with Crippen molar-refractivity contribution < 1.29 is 4.39 Å². The quantitative estimate of drug-likeness (QED) is 0.464. The average Bonchev–Trinajstić information content (AvgIpc) is 2.31. The monoisotopic (exact) mass is 142 g/mol. The van der Waals surface area contributed by atoms with Gasteiger partial charge >= 0.3 is 0 Å². The summed E-state index contributed by atoms with van der Waals surface area (Å²) in [6, 6.07) is 0. The van der Waals surface area contributed by atoms with E-state index in [2.05, 4.69) is 20.5 Å². The zero-order chi connectivity index (χ0) is 7.40. The van der Waals surface area contributed by atoms with Crippen LogP contribution in [0.15, 0.2) is 11.2 Å². The average molecular weight is 142 g/mol. The highest BCUT2D eigenvalue weighted by Crippen LogP contribution is 2.09. The Hall–Kier alpha value is -1.39. The molecule has 5 heteroatoms. The number of hydrogen-bond donors (Lipinski definition) is 2. The molecule has 1 rings (SSSR count). The van der Waals surface area contributed by atoms with Gasteiger partial charge in [-0.1, -0.05) is 0 Å². The van der Waals surface area contributed by atoms with Gasteiger partial charge < -0.3 is 5.32 Å². The molecule has 0 aromatic carbocycles. The van der Waals surface area contributed by atoms with Crippen LogP contribution >= 0.6 is 0 Å². The van der Waals surface area contributed by atoms with Crippen LogP contribution in [-0.2, 0) is 0 Å². The summed E-state index contributed by atoms with van der Waals surface area (Å²) in [6.45, 7) is 0. The Kier molecular flexibility index (Phi) is 1.99. The number of H-pyrrole nitrogens is 1. The summed E-state index contributed by atoms with van der Waals surface area (Å²) in [5.74, 6) is -0.319. The van der Waals surface area contributed by atoms with Gasteiger partial charge in [-0.15, -0.1) is 0 Å². The largest absolute Gasteiger partial charge is 0.379 e. The van der Waals surface area contributed by atoms with Crippen molar-refractivity contribution in [3.63, 3.8) is 0 Å². The molecule has 10 heavy (non-hydrogen) atoms. The van der Waals surface area contributed by atoms with Gasteiger partial charge in [-0.2, -0.15) is 5.10 Å². The molecule has 0 saturated heterocycles. The summed E-state index contributed by atoms with van der Waals surface area (Å²) in [4.78, 5) is 3.66. The maximum Gasteiger partial charge on any atom is 0.187 e. The van der Waals surface area contributed by atoms with E-state index in [1.54, 1.807) is 7.05 Å². The standard InChI is InChI=1S/C5H7FN4/c1-7-3-8-5-4(6)2-9-10-5/h2-3H,1H3,(H2,7,8,9,10). The maximum absolute atomic E-state index is 12.4. The first-order valence-corrected chi connectivity index (χ1v) is 2.73. The molecule has 1 aromatic rings. The Morgan fingerprint density at radius 2 is 2.70 bits per heavy atom. The van der Waals surface area contributed by atoms with Gasteiger partial charge in [0, 0.05) is 7.05 Å². The van der Waals surface area contributed by atoms with E-state index < -0.39 is 5.82 Å². The van der Waals surface area contributed by atoms with Gasteiger partial charge in [0.25, 0.3) is 0 Å². The third-order valence-electron chi connectivity index (χ3n) is 0.897. The molecule has 0 bridgehead atoms. The highest BCUT2D eigenvalue weighted by atomic mass is 19.1. The molecule has 0 aliphatic heterocycles. The van der Waals surface area contributed by atoms with Crippen molar-refractivity contribution in [1.82, 2.24) is 15.5 Å². The minimum atomic E-state index is -0.452. The van der Waals surface area contributed by atoms with Crippen molar-refractivity contribution in [2.24, 2.45) is 4.99 Å². The Morgan fingerprint density at radius 1 is 1.90 bits per heavy atom. The highest BCUT2D eigenvalue weighted by Gasteiger charge is 1.98. The first-order chi connectivity index (χ1) is 4.84. The van der Waals surface area contributed by atoms with Crippen molar-refractivity contribution in [2.75, 3.05) is 7.05 Å². The second-order valence-electron chi connectivity index (χ2n) is 1.61. The lowest BCUT2D eigenvalue weighted by Crippen LogP contribution is -1.99. The molecular weight excluding hydrogens is 135 g/mol. The van der Waals surface area contributed by atoms with Crippen LogP contribution in [0.5, 0.6) is 0 Å². The fourth-order valence-electron chi connectivity index (χ4n) is 0.484. The maximum atomic E-state index is 12.4. The molecule has 0 atom stereocenters. The number of halogens is 1. The van der Waals surface area contributed by atoms with Crippen LogP contribution < -0.4 is 5.32 Å². The molecule has 0 unspecified atom stereocenters. The van der Waals surface area contributed by atoms with Crippen LogP contribution in [0, 0.1) is 5.82 Å². The number of aromatic amines is 1. The van der Waals surface area contributed by atoms with Gasteiger partial charge in [-0.25, -0.2) is 9.38 Å². The number of nitrogens with zero attached hydrogens (tertiary/aromatic N) is 2. The van der Waals surface area contributed by atoms with E-state index in [4.69, 9.17) is 0 Å². The zero-order valence-corrected chi connectivity index (χ0v) is 5.43. The minimum Gasteiger partial charge on any atom is -0.379 e. The molecule has 0 fully saturated rings. The lowest BCUT2D eigenvalue weighted by atomic mass is 10.6. The molecule has 0 radical (unpaired) electrons. The molecule has 1 heterocycles. The Morgan fingerprint density at radius 3 is 3.20 bits per heavy atom. The fraction of sp³-hybridized carbons (Fsp3) is 0.200. The zero-order valence-electron chi connectivity index (χ0n) is 5.43. The van der Waals surface area contributed by atoms with E-state index >= 15 is 0 Å². The third kappa shape index (κ3) is 1.31. The SMILES string of the molecule is CN/C=N/c1[nH]ncc1F. The van der Waals surface area contributed by atoms with E-state index in [1.165, 1.54) is 6.34 Å². The van der Waals surface area contributed by atoms with E-state index in [9.17, 15) is 4.39 Å². The molecule has 0 spiro atoms. The molecule has 1 aromatic heterocycles. The van der Waals surface area contributed by atoms with Gasteiger partial charge in [-0.05, 0) is 0 Å². The van der Waals surface area contributed by atoms with Crippen LogP contribution in [0.25, 0.3) is 0 Å². The molecule has 2 N–H and O–H groups in total. The molecular formula is C5H7FN4. The lowest BCUT2D eigenvalue weighted by Gasteiger charge is -1.84. The van der Waals surface area contributed by atoms with Crippen LogP contribution in [0.4, 0.5) is 10.2 Å². The van der Waals surface area contributed by atoms with Gasteiger partial charge in [0.2, 0.25) is 0 Å². The molecule has 0 aliphatic rings. The first kappa shape index (κ1) is 6.73. The van der Waals surface area contributed by atoms with Crippen LogP contribution in [-0.4, -0.2) is 23.6 Å². The van der Waals surface area contributed by atoms with Crippen molar-refractivity contribution in [1.29, 1.82) is 0 Å². The predicted molar refractivity (Wildman–Crippen MR) is 35.8 cm³/mol. The number of aliphatic imine (C=N–C) groups is 1. The third-order valence-corrected chi connectivity index (χ3v) is 0.897. The van der Waals surface area contributed by atoms with Crippen molar-refractivity contribution >= 4 is 12.2 Å². The molecule has 4 nitrogen and oxygen atoms in total. The van der Waals surface area contributed by atoms with Crippen molar-refractivity contribution in [3.05, 3.63) is 12.0 Å². The number of hydrogen-bond acceptors (Lipinski definition) is 2. The second kappa shape index (κ2) is 2.95. The van der Waals surface area contributed by atoms with Gasteiger partial charge in [0.05, 0.1) is 12.5 Å². The van der Waals surface area contributed by atoms with Crippen LogP contribution in [0.3, 0.4) is 0 Å². The van der Waals surface area contributed by atoms with Crippen LogP contribution in [0.2, 0.25) is 0 Å². The smallest absolute Gasteiger partial charge is 0.187 e. The fourth-order valence-corrected chi connectivity index (χ4v) is 0.484. The summed E-state index contributed by atoms with van der Waals surface area (Å²) in [6.07, 6.45) is 2.44. The van der Waals surface area contributed by atoms with Crippen molar-refractivity contribution in [2.45, 2.75) is 0 Å². The molecule has 0 amide bonds. The topological polar surface area (TPSA) is 53.1 Å². The van der Waals surface area contributed by atoms with E-state index in [-0.39, 0.29) is 5.82 Å². The van der Waals surface area contributed by atoms with Gasteiger partial charge in [-0.3, -0.25) is 5.10 Å². The Bertz CT molecular complexity index is 229. The summed E-state index contributed by atoms with van der Waals surface area (Å²) in [7, 11) is 1.68. The van der Waals surface area contributed by atoms with E-state index in [0.717, 1.165) is 6.20 Å². The molecule has 54 valence electrons. The van der Waals surface area contributed by atoms with Gasteiger partial charge in [0.1, 0.15) is 0 Å². The van der Waals surface area contributed by atoms with E-state index in [1.807, 2.05) is 0 Å². The normalized spacial score (nSPS) is 10.6. The summed E-state index contributed by atoms with van der Waals surface area (Å²) >= 11 is 0. The summed E-state index contributed by atoms with van der Waals surface area (Å²) in [5.41, 5.74) is 0. The number of aromatic nitrogens is 2. The minimum absolute atomic E-state index is 0.134. The van der Waals surface area contributed by atoms with Crippen LogP contribution in [0.1, 0.15) is 0 Å².